The molecule has 3 heteroatoms. The van der Waals surface area contributed by atoms with Crippen molar-refractivity contribution >= 4 is 11.6 Å². The van der Waals surface area contributed by atoms with Crippen molar-refractivity contribution in [1.82, 2.24) is 0 Å². The van der Waals surface area contributed by atoms with Gasteiger partial charge in [0.05, 0.1) is 12.3 Å². The Bertz CT molecular complexity index is 436. The van der Waals surface area contributed by atoms with Gasteiger partial charge >= 0.3 is 0 Å². The number of aryl methyl sites for hydroxylation is 1. The summed E-state index contributed by atoms with van der Waals surface area (Å²) in [5.74, 6) is 0.879. The van der Waals surface area contributed by atoms with Crippen LogP contribution in [0.2, 0.25) is 0 Å². The van der Waals surface area contributed by atoms with E-state index in [1.165, 1.54) is 24.8 Å². The number of carbonyl (C=O) groups is 1. The molecular formula is C20H37NO2. The zero-order valence-corrected chi connectivity index (χ0v) is 15.7. The molecule has 0 aliphatic rings. The highest BCUT2D eigenvalue weighted by Crippen LogP contribution is 2.30. The zero-order chi connectivity index (χ0) is 17.5. The first-order valence-corrected chi connectivity index (χ1v) is 9.18. The molecule has 23 heavy (non-hydrogen) atoms. The first-order chi connectivity index (χ1) is 11.1. The van der Waals surface area contributed by atoms with Crippen LogP contribution in [-0.2, 0) is 11.2 Å². The molecule has 0 heterocycles. The predicted molar refractivity (Wildman–Crippen MR) is 102 cm³/mol. The number of unbranched alkanes of at least 4 members (excludes halogenated alkanes) is 2. The molecular weight excluding hydrogens is 286 g/mol. The van der Waals surface area contributed by atoms with E-state index in [1.54, 1.807) is 0 Å². The molecule has 0 atom stereocenters. The van der Waals surface area contributed by atoms with Gasteiger partial charge in [0, 0.05) is 7.85 Å². The smallest absolute Gasteiger partial charge is 0.224 e. The number of hydrogen-bond donors (Lipinski definition) is 1. The van der Waals surface area contributed by atoms with E-state index in [1.807, 2.05) is 19.1 Å². The van der Waals surface area contributed by atoms with Crippen LogP contribution >= 0.6 is 0 Å². The van der Waals surface area contributed by atoms with Crippen molar-refractivity contribution < 1.29 is 11.0 Å². The fourth-order valence-corrected chi connectivity index (χ4v) is 2.08. The molecule has 1 aromatic carbocycles. The standard InChI is InChI=1S/C17H27NO2.C3H8.H2/c1-4-7-8-13-20-17-14(10-5-2)11-9-12-15(17)18-16(19)6-3;1-3-2;/h9,11-12H,4-8,10,13H2,1-3H3,(H,18,19);3H2,1-2H3;1H. The monoisotopic (exact) mass is 323 g/mol. The lowest BCUT2D eigenvalue weighted by atomic mass is 10.1. The maximum absolute atomic E-state index is 11.6. The summed E-state index contributed by atoms with van der Waals surface area (Å²) >= 11 is 0. The first kappa shape index (κ1) is 21.5. The minimum Gasteiger partial charge on any atom is -0.491 e. The molecule has 3 nitrogen and oxygen atoms in total. The first-order valence-electron chi connectivity index (χ1n) is 9.18. The summed E-state index contributed by atoms with van der Waals surface area (Å²) in [4.78, 5) is 11.6. The third-order valence-electron chi connectivity index (χ3n) is 3.21. The van der Waals surface area contributed by atoms with Gasteiger partial charge in [-0.15, -0.1) is 0 Å². The SMILES string of the molecule is CCC.CCCCCOc1c(CCC)cccc1NC(=O)CC.[HH]. The zero-order valence-electron chi connectivity index (χ0n) is 15.7. The van der Waals surface area contributed by atoms with Gasteiger partial charge in [0.25, 0.3) is 0 Å². The van der Waals surface area contributed by atoms with E-state index in [2.05, 4.69) is 39.1 Å². The summed E-state index contributed by atoms with van der Waals surface area (Å²) < 4.78 is 5.95. The molecule has 0 fully saturated rings. The van der Waals surface area contributed by atoms with Crippen LogP contribution in [0.4, 0.5) is 5.69 Å². The maximum atomic E-state index is 11.6. The quantitative estimate of drug-likeness (QED) is 0.548. The van der Waals surface area contributed by atoms with Gasteiger partial charge in [0.1, 0.15) is 5.75 Å². The largest absolute Gasteiger partial charge is 0.491 e. The Kier molecular flexibility index (Phi) is 13.2. The second-order valence-corrected chi connectivity index (χ2v) is 5.71. The predicted octanol–water partition coefficient (Wildman–Crippen LogP) is 6.22. The minimum atomic E-state index is 0. The lowest BCUT2D eigenvalue weighted by Gasteiger charge is -2.16. The van der Waals surface area contributed by atoms with Gasteiger partial charge in [-0.05, 0) is 24.5 Å². The maximum Gasteiger partial charge on any atom is 0.224 e. The molecule has 134 valence electrons. The van der Waals surface area contributed by atoms with Crippen molar-refractivity contribution in [3.63, 3.8) is 0 Å². The van der Waals surface area contributed by atoms with E-state index in [0.29, 0.717) is 13.0 Å². The number of nitrogens with one attached hydrogen (secondary N) is 1. The number of hydrogen-bond acceptors (Lipinski definition) is 2. The molecule has 1 aromatic rings. The van der Waals surface area contributed by atoms with Crippen LogP contribution in [0.25, 0.3) is 0 Å². The second kappa shape index (κ2) is 14.1. The summed E-state index contributed by atoms with van der Waals surface area (Å²) in [6.07, 6.45) is 7.17. The van der Waals surface area contributed by atoms with Crippen molar-refractivity contribution in [2.24, 2.45) is 0 Å². The summed E-state index contributed by atoms with van der Waals surface area (Å²) in [6.45, 7) is 11.1. The van der Waals surface area contributed by atoms with E-state index < -0.39 is 0 Å². The third-order valence-corrected chi connectivity index (χ3v) is 3.21. The normalized spacial score (nSPS) is 9.78. The summed E-state index contributed by atoms with van der Waals surface area (Å²) in [5.41, 5.74) is 1.98. The van der Waals surface area contributed by atoms with Crippen molar-refractivity contribution in [3.8, 4) is 5.75 Å². The number of anilines is 1. The van der Waals surface area contributed by atoms with Gasteiger partial charge in [0.2, 0.25) is 5.91 Å². The van der Waals surface area contributed by atoms with E-state index in [9.17, 15) is 4.79 Å². The van der Waals surface area contributed by atoms with Crippen LogP contribution in [0.15, 0.2) is 18.2 Å². The van der Waals surface area contributed by atoms with Crippen molar-refractivity contribution in [2.75, 3.05) is 11.9 Å². The number of para-hydroxylation sites is 1. The summed E-state index contributed by atoms with van der Waals surface area (Å²) in [6, 6.07) is 5.98. The number of carbonyl (C=O) groups excluding carboxylic acids is 1. The Morgan fingerprint density at radius 1 is 1.09 bits per heavy atom. The summed E-state index contributed by atoms with van der Waals surface area (Å²) in [5, 5.41) is 2.94. The van der Waals surface area contributed by atoms with Gasteiger partial charge in [-0.25, -0.2) is 0 Å². The Morgan fingerprint density at radius 3 is 2.35 bits per heavy atom. The Hall–Kier alpha value is -1.51. The fourth-order valence-electron chi connectivity index (χ4n) is 2.08. The van der Waals surface area contributed by atoms with E-state index in [-0.39, 0.29) is 7.33 Å². The number of rotatable bonds is 9. The van der Waals surface area contributed by atoms with Crippen LogP contribution in [-0.4, -0.2) is 12.5 Å². The molecule has 1 N–H and O–H groups in total. The summed E-state index contributed by atoms with van der Waals surface area (Å²) in [7, 11) is 0. The molecule has 0 aliphatic heterocycles. The molecule has 0 aliphatic carbocycles. The van der Waals surface area contributed by atoms with Gasteiger partial charge in [0.15, 0.2) is 0 Å². The number of ether oxygens (including phenoxy) is 1. The topological polar surface area (TPSA) is 38.3 Å². The van der Waals surface area contributed by atoms with E-state index in [0.717, 1.165) is 30.7 Å². The molecule has 0 unspecified atom stereocenters. The van der Waals surface area contributed by atoms with Crippen LogP contribution in [0.1, 0.15) is 80.1 Å². The Morgan fingerprint density at radius 2 is 1.78 bits per heavy atom. The molecule has 0 aromatic heterocycles. The lowest BCUT2D eigenvalue weighted by molar-refractivity contribution is -0.115. The number of benzene rings is 1. The highest BCUT2D eigenvalue weighted by Gasteiger charge is 2.11. The number of amides is 1. The van der Waals surface area contributed by atoms with Crippen LogP contribution in [0.3, 0.4) is 0 Å². The molecule has 0 saturated carbocycles. The molecule has 0 radical (unpaired) electrons. The highest BCUT2D eigenvalue weighted by atomic mass is 16.5. The third kappa shape index (κ3) is 9.27. The van der Waals surface area contributed by atoms with Gasteiger partial charge in [-0.2, -0.15) is 0 Å². The fraction of sp³-hybridized carbons (Fsp3) is 0.650. The van der Waals surface area contributed by atoms with Gasteiger partial charge < -0.3 is 10.1 Å². The second-order valence-electron chi connectivity index (χ2n) is 5.71. The highest BCUT2D eigenvalue weighted by molar-refractivity contribution is 5.92. The average Bonchev–Trinajstić information content (AvgIpc) is 2.54. The van der Waals surface area contributed by atoms with Gasteiger partial charge in [-0.1, -0.05) is 72.4 Å². The minimum absolute atomic E-state index is 0. The molecule has 0 spiro atoms. The molecule has 0 saturated heterocycles. The molecule has 1 rings (SSSR count). The molecule has 1 amide bonds. The van der Waals surface area contributed by atoms with E-state index >= 15 is 0 Å². The Balaban J connectivity index is 0. The Labute approximate surface area is 144 Å². The van der Waals surface area contributed by atoms with Crippen molar-refractivity contribution in [3.05, 3.63) is 23.8 Å². The lowest BCUT2D eigenvalue weighted by Crippen LogP contribution is -2.12. The van der Waals surface area contributed by atoms with Crippen molar-refractivity contribution in [1.29, 1.82) is 0 Å². The van der Waals surface area contributed by atoms with Crippen LogP contribution in [0, 0.1) is 0 Å². The van der Waals surface area contributed by atoms with E-state index in [4.69, 9.17) is 4.74 Å². The van der Waals surface area contributed by atoms with Crippen molar-refractivity contribution in [2.45, 2.75) is 79.6 Å². The van der Waals surface area contributed by atoms with Crippen LogP contribution in [0.5, 0.6) is 5.75 Å². The van der Waals surface area contributed by atoms with Gasteiger partial charge in [-0.3, -0.25) is 4.79 Å². The average molecular weight is 324 g/mol. The van der Waals surface area contributed by atoms with Crippen LogP contribution < -0.4 is 10.1 Å². The molecule has 0 bridgehead atoms.